The van der Waals surface area contributed by atoms with Gasteiger partial charge in [0, 0.05) is 4.91 Å². The van der Waals surface area contributed by atoms with E-state index in [4.69, 9.17) is 14.8 Å². The smallest absolute Gasteiger partial charge is 0.399 e. The van der Waals surface area contributed by atoms with Crippen molar-refractivity contribution in [2.45, 2.75) is 71.1 Å². The van der Waals surface area contributed by atoms with Crippen LogP contribution >= 0.6 is 0 Å². The Bertz CT molecular complexity index is 893. The molecule has 1 aromatic rings. The molecule has 142 valence electrons. The van der Waals surface area contributed by atoms with E-state index >= 15 is 0 Å². The summed E-state index contributed by atoms with van der Waals surface area (Å²) in [5, 5.41) is 3.52. The van der Waals surface area contributed by atoms with Crippen molar-refractivity contribution in [3.63, 3.8) is 0 Å². The number of halogens is 1. The quantitative estimate of drug-likeness (QED) is 0.261. The topological polar surface area (TPSA) is 101 Å². The van der Waals surface area contributed by atoms with Gasteiger partial charge in [0.2, 0.25) is 0 Å². The molecule has 0 aliphatic carbocycles. The molecule has 7 nitrogen and oxygen atoms in total. The van der Waals surface area contributed by atoms with Crippen molar-refractivity contribution >= 4 is 22.8 Å². The van der Waals surface area contributed by atoms with Crippen LogP contribution in [0, 0.1) is 20.8 Å². The second-order valence-electron chi connectivity index (χ2n) is 7.51. The molecule has 0 saturated carbocycles. The average Bonchev–Trinajstić information content (AvgIpc) is 2.65. The number of nitrogens with zero attached hydrogens (tertiary/aromatic N) is 3. The Morgan fingerprint density at radius 1 is 1.08 bits per heavy atom. The predicted octanol–water partition coefficient (Wildman–Crippen LogP) is 3.38. The molecule has 0 atom stereocenters. The molecule has 0 unspecified atom stereocenters. The summed E-state index contributed by atoms with van der Waals surface area (Å²) in [7, 11) is -5.84. The monoisotopic (exact) mass is 383 g/mol. The minimum Gasteiger partial charge on any atom is -0.399 e. The van der Waals surface area contributed by atoms with Crippen molar-refractivity contribution in [2.24, 2.45) is 5.11 Å². The van der Waals surface area contributed by atoms with Gasteiger partial charge in [-0.25, -0.2) is 0 Å². The lowest BCUT2D eigenvalue weighted by atomic mass is 9.71. The molecule has 1 aliphatic rings. The van der Waals surface area contributed by atoms with E-state index in [0.717, 1.165) is 0 Å². The summed E-state index contributed by atoms with van der Waals surface area (Å²) in [4.78, 5) is 2.30. The van der Waals surface area contributed by atoms with Gasteiger partial charge in [-0.2, -0.15) is 8.42 Å². The van der Waals surface area contributed by atoms with Crippen LogP contribution in [0.2, 0.25) is 0 Å². The highest BCUT2D eigenvalue weighted by atomic mass is 32.3. The molecule has 1 aromatic carbocycles. The molecule has 10 heteroatoms. The standard InChI is InChI=1S/C16H23BFN3O4S/c1-9-12(8-20-21-19)10(2)14(26(18,22)23)11(3)13(9)17-24-15(4,5)16(6,7)25-17/h8H2,1-7H3. The van der Waals surface area contributed by atoms with Crippen LogP contribution in [0.1, 0.15) is 49.9 Å². The summed E-state index contributed by atoms with van der Waals surface area (Å²) in [6.45, 7) is 12.2. The maximum absolute atomic E-state index is 14.0. The minimum absolute atomic E-state index is 0.0938. The Hall–Kier alpha value is -1.61. The molecule has 26 heavy (non-hydrogen) atoms. The van der Waals surface area contributed by atoms with Gasteiger partial charge >= 0.3 is 17.3 Å². The van der Waals surface area contributed by atoms with Gasteiger partial charge in [-0.3, -0.25) is 0 Å². The summed E-state index contributed by atoms with van der Waals surface area (Å²) < 4.78 is 49.7. The Morgan fingerprint density at radius 3 is 2.00 bits per heavy atom. The summed E-state index contributed by atoms with van der Waals surface area (Å²) in [5.74, 6) is 0. The first kappa shape index (κ1) is 20.7. The van der Waals surface area contributed by atoms with Gasteiger partial charge in [0.1, 0.15) is 4.90 Å². The van der Waals surface area contributed by atoms with E-state index in [1.165, 1.54) is 13.8 Å². The van der Waals surface area contributed by atoms with Crippen molar-refractivity contribution in [3.8, 4) is 0 Å². The fourth-order valence-corrected chi connectivity index (χ4v) is 4.25. The Labute approximate surface area is 153 Å². The second kappa shape index (κ2) is 6.53. The van der Waals surface area contributed by atoms with Gasteiger partial charge in [-0.1, -0.05) is 5.11 Å². The van der Waals surface area contributed by atoms with Gasteiger partial charge in [0.15, 0.2) is 0 Å². The molecule has 1 aliphatic heterocycles. The van der Waals surface area contributed by atoms with Crippen LogP contribution in [0.5, 0.6) is 0 Å². The summed E-state index contributed by atoms with van der Waals surface area (Å²) >= 11 is 0. The van der Waals surface area contributed by atoms with Crippen molar-refractivity contribution < 1.29 is 21.6 Å². The SMILES string of the molecule is Cc1c(CN=[N+]=[N-])c(C)c(S(=O)(=O)F)c(C)c1B1OC(C)(C)C(C)(C)O1. The van der Waals surface area contributed by atoms with Crippen molar-refractivity contribution in [1.29, 1.82) is 0 Å². The normalized spacial score (nSPS) is 18.7. The molecule has 0 radical (unpaired) electrons. The predicted molar refractivity (Wildman–Crippen MR) is 97.5 cm³/mol. The number of rotatable bonds is 4. The molecule has 0 amide bonds. The number of azide groups is 1. The van der Waals surface area contributed by atoms with Gasteiger partial charge in [0.05, 0.1) is 17.7 Å². The Kier molecular flexibility index (Phi) is 5.20. The van der Waals surface area contributed by atoms with E-state index in [2.05, 4.69) is 10.0 Å². The van der Waals surface area contributed by atoms with Crippen molar-refractivity contribution in [3.05, 3.63) is 32.7 Å². The Morgan fingerprint density at radius 2 is 1.58 bits per heavy atom. The molecule has 1 heterocycles. The summed E-state index contributed by atoms with van der Waals surface area (Å²) in [6.07, 6.45) is 0. The first-order chi connectivity index (χ1) is 11.7. The molecule has 1 fully saturated rings. The first-order valence-corrected chi connectivity index (χ1v) is 9.56. The van der Waals surface area contributed by atoms with E-state index in [-0.39, 0.29) is 17.7 Å². The number of hydrogen-bond donors (Lipinski definition) is 0. The van der Waals surface area contributed by atoms with Crippen molar-refractivity contribution in [2.75, 3.05) is 0 Å². The van der Waals surface area contributed by atoms with Gasteiger partial charge < -0.3 is 9.31 Å². The van der Waals surface area contributed by atoms with E-state index < -0.39 is 33.4 Å². The molecule has 0 aromatic heterocycles. The molecular formula is C16H23BFN3O4S. The fourth-order valence-electron chi connectivity index (χ4n) is 3.29. The third-order valence-electron chi connectivity index (χ3n) is 5.42. The lowest BCUT2D eigenvalue weighted by Gasteiger charge is -2.32. The van der Waals surface area contributed by atoms with Gasteiger partial charge in [-0.05, 0) is 81.7 Å². The minimum atomic E-state index is -4.98. The van der Waals surface area contributed by atoms with E-state index in [1.54, 1.807) is 6.92 Å². The van der Waals surface area contributed by atoms with Crippen LogP contribution < -0.4 is 5.46 Å². The Balaban J connectivity index is 2.80. The fraction of sp³-hybridized carbons (Fsp3) is 0.625. The zero-order chi connectivity index (χ0) is 20.1. The maximum atomic E-state index is 14.0. The largest absolute Gasteiger partial charge is 0.495 e. The second-order valence-corrected chi connectivity index (χ2v) is 8.80. The van der Waals surface area contributed by atoms with E-state index in [1.807, 2.05) is 27.7 Å². The third kappa shape index (κ3) is 3.34. The van der Waals surface area contributed by atoms with Crippen molar-refractivity contribution in [1.82, 2.24) is 0 Å². The summed E-state index contributed by atoms with van der Waals surface area (Å²) in [6, 6.07) is 0. The van der Waals surface area contributed by atoms with Gasteiger partial charge in [-0.15, -0.1) is 3.89 Å². The number of benzene rings is 1. The molecule has 0 spiro atoms. The highest BCUT2D eigenvalue weighted by Crippen LogP contribution is 2.38. The highest BCUT2D eigenvalue weighted by Gasteiger charge is 2.53. The zero-order valence-corrected chi connectivity index (χ0v) is 16.9. The molecule has 0 N–H and O–H groups in total. The van der Waals surface area contributed by atoms with E-state index in [0.29, 0.717) is 16.6 Å². The van der Waals surface area contributed by atoms with Crippen LogP contribution in [0.25, 0.3) is 10.4 Å². The van der Waals surface area contributed by atoms with Crippen LogP contribution in [-0.2, 0) is 26.1 Å². The molecule has 0 bridgehead atoms. The lowest BCUT2D eigenvalue weighted by molar-refractivity contribution is 0.00578. The van der Waals surface area contributed by atoms with Crippen LogP contribution in [0.15, 0.2) is 10.0 Å². The maximum Gasteiger partial charge on any atom is 0.495 e. The average molecular weight is 383 g/mol. The van der Waals surface area contributed by atoms with Crippen LogP contribution in [-0.4, -0.2) is 26.7 Å². The molecular weight excluding hydrogens is 360 g/mol. The lowest BCUT2D eigenvalue weighted by Crippen LogP contribution is -2.41. The summed E-state index contributed by atoms with van der Waals surface area (Å²) in [5.41, 5.74) is 9.40. The first-order valence-electron chi connectivity index (χ1n) is 8.18. The number of hydrogen-bond acceptors (Lipinski definition) is 5. The van der Waals surface area contributed by atoms with Crippen LogP contribution in [0.4, 0.5) is 3.89 Å². The third-order valence-corrected chi connectivity index (χ3v) is 6.52. The molecule has 2 rings (SSSR count). The van der Waals surface area contributed by atoms with E-state index in [9.17, 15) is 12.3 Å². The highest BCUT2D eigenvalue weighted by molar-refractivity contribution is 7.86. The van der Waals surface area contributed by atoms with Crippen LogP contribution in [0.3, 0.4) is 0 Å². The zero-order valence-electron chi connectivity index (χ0n) is 16.0. The van der Waals surface area contributed by atoms with Gasteiger partial charge in [0.25, 0.3) is 0 Å². The molecule has 1 saturated heterocycles.